The number of likely N-dealkylation sites (tertiary alicyclic amines) is 1. The Kier molecular flexibility index (Phi) is 5.84. The second-order valence-corrected chi connectivity index (χ2v) is 4.43. The summed E-state index contributed by atoms with van der Waals surface area (Å²) in [7, 11) is 0. The summed E-state index contributed by atoms with van der Waals surface area (Å²) in [6, 6.07) is 0.883. The maximum Gasteiger partial charge on any atom is 0.0887 e. The highest BCUT2D eigenvalue weighted by Crippen LogP contribution is 2.29. The van der Waals surface area contributed by atoms with E-state index in [2.05, 4.69) is 27.7 Å². The molecule has 0 saturated carbocycles. The van der Waals surface area contributed by atoms with Crippen LogP contribution >= 0.6 is 0 Å². The lowest BCUT2D eigenvalue weighted by molar-refractivity contribution is -0.954. The van der Waals surface area contributed by atoms with E-state index in [0.717, 1.165) is 12.0 Å². The lowest BCUT2D eigenvalue weighted by atomic mass is 9.89. The number of quaternary nitrogens is 1. The average molecular weight is 297 g/mol. The molecule has 1 aliphatic heterocycles. The first-order chi connectivity index (χ1) is 5.66. The molecule has 0 radical (unpaired) electrons. The molecule has 2 unspecified atom stereocenters. The summed E-state index contributed by atoms with van der Waals surface area (Å²) >= 11 is 0. The van der Waals surface area contributed by atoms with Crippen molar-refractivity contribution in [3.05, 3.63) is 0 Å². The molecule has 0 spiro atoms. The molecule has 1 heterocycles. The normalized spacial score (nSPS) is 32.3. The molecule has 80 valence electrons. The summed E-state index contributed by atoms with van der Waals surface area (Å²) < 4.78 is 1.36. The van der Waals surface area contributed by atoms with Gasteiger partial charge in [-0.2, -0.15) is 0 Å². The van der Waals surface area contributed by atoms with Crippen LogP contribution in [0.4, 0.5) is 0 Å². The Morgan fingerprint density at radius 2 is 1.69 bits per heavy atom. The van der Waals surface area contributed by atoms with Crippen molar-refractivity contribution in [3.63, 3.8) is 0 Å². The Hall–Kier alpha value is 0.690. The molecular weight excluding hydrogens is 273 g/mol. The number of hydrogen-bond acceptors (Lipinski definition) is 0. The molecule has 0 N–H and O–H groups in total. The van der Waals surface area contributed by atoms with Crippen molar-refractivity contribution in [2.75, 3.05) is 19.6 Å². The van der Waals surface area contributed by atoms with Gasteiger partial charge in [0.25, 0.3) is 0 Å². The standard InChI is InChI=1S/C11H24N.HI/c1-5-12(6-2)9-7-8-10(3)11(12)4;/h10-11H,5-9H2,1-4H3;1H/q+1;/p-1. The molecule has 0 aromatic carbocycles. The number of nitrogens with zero attached hydrogens (tertiary/aromatic N) is 1. The summed E-state index contributed by atoms with van der Waals surface area (Å²) in [5.41, 5.74) is 0. The van der Waals surface area contributed by atoms with Crippen molar-refractivity contribution in [1.29, 1.82) is 0 Å². The second kappa shape index (κ2) is 5.54. The zero-order chi connectivity index (χ0) is 9.19. The van der Waals surface area contributed by atoms with E-state index >= 15 is 0 Å². The minimum absolute atomic E-state index is 0. The predicted octanol–water partition coefficient (Wildman–Crippen LogP) is -0.335. The highest BCUT2D eigenvalue weighted by Gasteiger charge is 2.37. The largest absolute Gasteiger partial charge is 1.00 e. The zero-order valence-corrected chi connectivity index (χ0v) is 11.7. The molecule has 0 aromatic heterocycles. The zero-order valence-electron chi connectivity index (χ0n) is 9.52. The minimum Gasteiger partial charge on any atom is -1.00 e. The molecule has 0 bridgehead atoms. The van der Waals surface area contributed by atoms with E-state index in [4.69, 9.17) is 0 Å². The molecule has 0 aliphatic carbocycles. The number of hydrogen-bond donors (Lipinski definition) is 0. The fourth-order valence-corrected chi connectivity index (χ4v) is 2.83. The summed E-state index contributed by atoms with van der Waals surface area (Å²) in [5.74, 6) is 0.929. The molecule has 1 nitrogen and oxygen atoms in total. The van der Waals surface area contributed by atoms with Crippen LogP contribution in [0.2, 0.25) is 0 Å². The van der Waals surface area contributed by atoms with E-state index in [9.17, 15) is 0 Å². The number of halogens is 1. The van der Waals surface area contributed by atoms with Crippen LogP contribution in [-0.2, 0) is 0 Å². The van der Waals surface area contributed by atoms with Crippen molar-refractivity contribution >= 4 is 0 Å². The molecular formula is C11H24IN. The van der Waals surface area contributed by atoms with Gasteiger partial charge in [-0.15, -0.1) is 0 Å². The monoisotopic (exact) mass is 297 g/mol. The molecule has 1 aliphatic rings. The second-order valence-electron chi connectivity index (χ2n) is 4.43. The lowest BCUT2D eigenvalue weighted by Gasteiger charge is -2.48. The quantitative estimate of drug-likeness (QED) is 0.483. The van der Waals surface area contributed by atoms with Gasteiger partial charge < -0.3 is 28.5 Å². The first-order valence-electron chi connectivity index (χ1n) is 5.52. The van der Waals surface area contributed by atoms with Crippen LogP contribution in [0.15, 0.2) is 0 Å². The molecule has 13 heavy (non-hydrogen) atoms. The first kappa shape index (κ1) is 13.7. The maximum atomic E-state index is 2.44. The van der Waals surface area contributed by atoms with Gasteiger partial charge in [-0.05, 0) is 33.6 Å². The predicted molar refractivity (Wildman–Crippen MR) is 54.1 cm³/mol. The Balaban J connectivity index is 0.00000144. The van der Waals surface area contributed by atoms with Gasteiger partial charge in [-0.3, -0.25) is 0 Å². The van der Waals surface area contributed by atoms with E-state index in [1.165, 1.54) is 37.0 Å². The fraction of sp³-hybridized carbons (Fsp3) is 1.00. The summed E-state index contributed by atoms with van der Waals surface area (Å²) in [6.45, 7) is 13.6. The summed E-state index contributed by atoms with van der Waals surface area (Å²) in [4.78, 5) is 0. The Morgan fingerprint density at radius 1 is 1.15 bits per heavy atom. The van der Waals surface area contributed by atoms with Crippen LogP contribution in [0, 0.1) is 5.92 Å². The highest BCUT2D eigenvalue weighted by atomic mass is 127. The van der Waals surface area contributed by atoms with E-state index < -0.39 is 0 Å². The van der Waals surface area contributed by atoms with Gasteiger partial charge in [-0.25, -0.2) is 0 Å². The molecule has 0 aromatic rings. The number of piperidine rings is 1. The molecule has 0 amide bonds. The average Bonchev–Trinajstić information content (AvgIpc) is 2.11. The minimum atomic E-state index is 0. The van der Waals surface area contributed by atoms with Gasteiger partial charge in [0.2, 0.25) is 0 Å². The molecule has 2 atom stereocenters. The van der Waals surface area contributed by atoms with Gasteiger partial charge in [0.1, 0.15) is 0 Å². The van der Waals surface area contributed by atoms with E-state index in [1.54, 1.807) is 0 Å². The van der Waals surface area contributed by atoms with Gasteiger partial charge in [0, 0.05) is 5.92 Å². The molecule has 2 heteroatoms. The topological polar surface area (TPSA) is 0 Å². The molecule has 1 rings (SSSR count). The first-order valence-corrected chi connectivity index (χ1v) is 5.52. The van der Waals surface area contributed by atoms with E-state index in [-0.39, 0.29) is 24.0 Å². The third-order valence-electron chi connectivity index (χ3n) is 4.21. The van der Waals surface area contributed by atoms with Crippen LogP contribution in [0.1, 0.15) is 40.5 Å². The Labute approximate surface area is 100 Å². The SMILES string of the molecule is CC[N+]1(CC)CCCC(C)C1C.[I-]. The van der Waals surface area contributed by atoms with Gasteiger partial charge in [0.05, 0.1) is 25.7 Å². The number of rotatable bonds is 2. The van der Waals surface area contributed by atoms with Gasteiger partial charge in [-0.1, -0.05) is 6.92 Å². The Bertz CT molecular complexity index is 143. The van der Waals surface area contributed by atoms with Gasteiger partial charge >= 0.3 is 0 Å². The van der Waals surface area contributed by atoms with E-state index in [1.807, 2.05) is 0 Å². The highest BCUT2D eigenvalue weighted by molar-refractivity contribution is 4.68. The van der Waals surface area contributed by atoms with Gasteiger partial charge in [0.15, 0.2) is 0 Å². The Morgan fingerprint density at radius 3 is 2.08 bits per heavy atom. The van der Waals surface area contributed by atoms with Crippen LogP contribution in [0.3, 0.4) is 0 Å². The van der Waals surface area contributed by atoms with Crippen LogP contribution < -0.4 is 24.0 Å². The smallest absolute Gasteiger partial charge is 0.0887 e. The van der Waals surface area contributed by atoms with Crippen molar-refractivity contribution in [2.45, 2.75) is 46.6 Å². The summed E-state index contributed by atoms with van der Waals surface area (Å²) in [5, 5.41) is 0. The van der Waals surface area contributed by atoms with E-state index in [0.29, 0.717) is 0 Å². The van der Waals surface area contributed by atoms with Crippen molar-refractivity contribution in [3.8, 4) is 0 Å². The molecule has 1 fully saturated rings. The fourth-order valence-electron chi connectivity index (χ4n) is 2.83. The maximum absolute atomic E-state index is 2.44. The summed E-state index contributed by atoms with van der Waals surface area (Å²) in [6.07, 6.45) is 2.88. The van der Waals surface area contributed by atoms with Crippen LogP contribution in [0.25, 0.3) is 0 Å². The van der Waals surface area contributed by atoms with Crippen LogP contribution in [0.5, 0.6) is 0 Å². The molecule has 1 saturated heterocycles. The third-order valence-corrected chi connectivity index (χ3v) is 4.21. The lowest BCUT2D eigenvalue weighted by Crippen LogP contribution is -3.00. The third kappa shape index (κ3) is 2.58. The van der Waals surface area contributed by atoms with Crippen molar-refractivity contribution < 1.29 is 28.5 Å². The van der Waals surface area contributed by atoms with Crippen molar-refractivity contribution in [1.82, 2.24) is 0 Å². The van der Waals surface area contributed by atoms with Crippen LogP contribution in [-0.4, -0.2) is 30.2 Å². The van der Waals surface area contributed by atoms with Crippen molar-refractivity contribution in [2.24, 2.45) is 5.92 Å².